The summed E-state index contributed by atoms with van der Waals surface area (Å²) in [7, 11) is 3.17. The van der Waals surface area contributed by atoms with Crippen LogP contribution in [0.3, 0.4) is 0 Å². The van der Waals surface area contributed by atoms with E-state index in [1.54, 1.807) is 26.6 Å². The highest BCUT2D eigenvalue weighted by atomic mass is 16.5. The fraction of sp³-hybridized carbons (Fsp3) is 0.286. The summed E-state index contributed by atoms with van der Waals surface area (Å²) in [5.41, 5.74) is 7.08. The van der Waals surface area contributed by atoms with Crippen LogP contribution in [0.15, 0.2) is 36.7 Å². The summed E-state index contributed by atoms with van der Waals surface area (Å²) >= 11 is 0. The number of rotatable bonds is 4. The Hall–Kier alpha value is -2.14. The van der Waals surface area contributed by atoms with Crippen molar-refractivity contribution in [1.29, 1.82) is 0 Å². The number of hydrogen-bond donors (Lipinski definition) is 1. The SMILES string of the molecule is COc1cccc(C(C)(N)c2nccnc2OC)c1. The van der Waals surface area contributed by atoms with Gasteiger partial charge in [-0.25, -0.2) is 4.98 Å². The van der Waals surface area contributed by atoms with Crippen molar-refractivity contribution in [1.82, 2.24) is 9.97 Å². The summed E-state index contributed by atoms with van der Waals surface area (Å²) in [6, 6.07) is 7.57. The summed E-state index contributed by atoms with van der Waals surface area (Å²) in [5, 5.41) is 0. The van der Waals surface area contributed by atoms with Crippen LogP contribution < -0.4 is 15.2 Å². The molecule has 1 heterocycles. The first kappa shape index (κ1) is 13.3. The summed E-state index contributed by atoms with van der Waals surface area (Å²) in [6.45, 7) is 1.87. The van der Waals surface area contributed by atoms with Crippen LogP contribution in [-0.2, 0) is 5.54 Å². The topological polar surface area (TPSA) is 70.3 Å². The van der Waals surface area contributed by atoms with Crippen LogP contribution in [-0.4, -0.2) is 24.2 Å². The van der Waals surface area contributed by atoms with E-state index in [2.05, 4.69) is 9.97 Å². The molecule has 1 unspecified atom stereocenters. The number of aromatic nitrogens is 2. The van der Waals surface area contributed by atoms with E-state index in [9.17, 15) is 0 Å². The molecule has 5 heteroatoms. The molecule has 0 aliphatic heterocycles. The molecule has 0 amide bonds. The fourth-order valence-corrected chi connectivity index (χ4v) is 1.91. The monoisotopic (exact) mass is 259 g/mol. The number of nitrogens with zero attached hydrogens (tertiary/aromatic N) is 2. The van der Waals surface area contributed by atoms with Crippen molar-refractivity contribution >= 4 is 0 Å². The molecule has 0 radical (unpaired) electrons. The predicted octanol–water partition coefficient (Wildman–Crippen LogP) is 1.72. The molecule has 0 saturated heterocycles. The molecule has 1 aromatic heterocycles. The van der Waals surface area contributed by atoms with Crippen LogP contribution in [0.1, 0.15) is 18.2 Å². The first-order valence-electron chi connectivity index (χ1n) is 5.88. The van der Waals surface area contributed by atoms with E-state index in [1.165, 1.54) is 0 Å². The Morgan fingerprint density at radius 3 is 2.53 bits per heavy atom. The third-order valence-electron chi connectivity index (χ3n) is 3.02. The van der Waals surface area contributed by atoms with Gasteiger partial charge in [0.15, 0.2) is 0 Å². The van der Waals surface area contributed by atoms with Crippen molar-refractivity contribution in [3.63, 3.8) is 0 Å². The molecule has 0 aliphatic carbocycles. The molecule has 2 N–H and O–H groups in total. The van der Waals surface area contributed by atoms with Crippen LogP contribution in [0, 0.1) is 0 Å². The summed E-state index contributed by atoms with van der Waals surface area (Å²) in [5.74, 6) is 1.17. The third-order valence-corrected chi connectivity index (χ3v) is 3.02. The lowest BCUT2D eigenvalue weighted by Gasteiger charge is -2.25. The van der Waals surface area contributed by atoms with E-state index in [4.69, 9.17) is 15.2 Å². The average Bonchev–Trinajstić information content (AvgIpc) is 2.47. The molecule has 19 heavy (non-hydrogen) atoms. The smallest absolute Gasteiger partial charge is 0.237 e. The van der Waals surface area contributed by atoms with Crippen LogP contribution >= 0.6 is 0 Å². The van der Waals surface area contributed by atoms with Crippen molar-refractivity contribution in [3.05, 3.63) is 47.9 Å². The lowest BCUT2D eigenvalue weighted by molar-refractivity contribution is 0.375. The summed E-state index contributed by atoms with van der Waals surface area (Å²) in [6.07, 6.45) is 3.17. The maximum absolute atomic E-state index is 6.42. The zero-order valence-corrected chi connectivity index (χ0v) is 11.3. The van der Waals surface area contributed by atoms with E-state index in [1.807, 2.05) is 31.2 Å². The molecule has 2 aromatic rings. The molecule has 0 saturated carbocycles. The zero-order valence-electron chi connectivity index (χ0n) is 11.3. The van der Waals surface area contributed by atoms with Crippen LogP contribution in [0.2, 0.25) is 0 Å². The quantitative estimate of drug-likeness (QED) is 0.905. The van der Waals surface area contributed by atoms with Gasteiger partial charge in [-0.15, -0.1) is 0 Å². The Balaban J connectivity index is 2.51. The van der Waals surface area contributed by atoms with Gasteiger partial charge in [0.1, 0.15) is 11.4 Å². The van der Waals surface area contributed by atoms with Crippen molar-refractivity contribution in [2.75, 3.05) is 14.2 Å². The van der Waals surface area contributed by atoms with Gasteiger partial charge in [-0.3, -0.25) is 4.98 Å². The number of ether oxygens (including phenoxy) is 2. The lowest BCUT2D eigenvalue weighted by atomic mass is 9.89. The van der Waals surface area contributed by atoms with E-state index in [0.717, 1.165) is 11.3 Å². The molecule has 2 rings (SSSR count). The molecule has 1 atom stereocenters. The first-order chi connectivity index (χ1) is 9.09. The Bertz CT molecular complexity index is 570. The normalized spacial score (nSPS) is 13.7. The van der Waals surface area contributed by atoms with Crippen molar-refractivity contribution in [2.24, 2.45) is 5.73 Å². The van der Waals surface area contributed by atoms with Gasteiger partial charge in [0, 0.05) is 12.4 Å². The van der Waals surface area contributed by atoms with Gasteiger partial charge in [-0.2, -0.15) is 0 Å². The van der Waals surface area contributed by atoms with Gasteiger partial charge in [0.2, 0.25) is 5.88 Å². The van der Waals surface area contributed by atoms with Gasteiger partial charge < -0.3 is 15.2 Å². The maximum atomic E-state index is 6.42. The Morgan fingerprint density at radius 1 is 1.11 bits per heavy atom. The van der Waals surface area contributed by atoms with Gasteiger partial charge in [-0.05, 0) is 24.6 Å². The van der Waals surface area contributed by atoms with Crippen molar-refractivity contribution in [2.45, 2.75) is 12.5 Å². The lowest BCUT2D eigenvalue weighted by Crippen LogP contribution is -2.36. The standard InChI is InChI=1S/C14H17N3O2/c1-14(15,10-5-4-6-11(9-10)18-2)12-13(19-3)17-8-7-16-12/h4-9H,15H2,1-3H3. The van der Waals surface area contributed by atoms with E-state index >= 15 is 0 Å². The molecule has 0 bridgehead atoms. The zero-order chi connectivity index (χ0) is 13.9. The molecule has 0 spiro atoms. The minimum absolute atomic E-state index is 0.426. The number of nitrogens with two attached hydrogens (primary N) is 1. The van der Waals surface area contributed by atoms with Gasteiger partial charge >= 0.3 is 0 Å². The molecule has 1 aromatic carbocycles. The Kier molecular flexibility index (Phi) is 3.66. The summed E-state index contributed by atoms with van der Waals surface area (Å²) in [4.78, 5) is 8.44. The Morgan fingerprint density at radius 2 is 1.84 bits per heavy atom. The van der Waals surface area contributed by atoms with Crippen molar-refractivity contribution in [3.8, 4) is 11.6 Å². The second kappa shape index (κ2) is 5.24. The molecule has 0 aliphatic rings. The van der Waals surface area contributed by atoms with E-state index < -0.39 is 5.54 Å². The molecular weight excluding hydrogens is 242 g/mol. The van der Waals surface area contributed by atoms with Crippen LogP contribution in [0.4, 0.5) is 0 Å². The third kappa shape index (κ3) is 2.51. The van der Waals surface area contributed by atoms with Gasteiger partial charge in [0.25, 0.3) is 0 Å². The maximum Gasteiger partial charge on any atom is 0.237 e. The largest absolute Gasteiger partial charge is 0.497 e. The average molecular weight is 259 g/mol. The second-order valence-corrected chi connectivity index (χ2v) is 4.35. The molecule has 100 valence electrons. The highest BCUT2D eigenvalue weighted by molar-refractivity contribution is 5.41. The number of hydrogen-bond acceptors (Lipinski definition) is 5. The van der Waals surface area contributed by atoms with Gasteiger partial charge in [0.05, 0.1) is 19.8 Å². The molecule has 5 nitrogen and oxygen atoms in total. The predicted molar refractivity (Wildman–Crippen MR) is 72.2 cm³/mol. The van der Waals surface area contributed by atoms with Crippen molar-refractivity contribution < 1.29 is 9.47 Å². The highest BCUT2D eigenvalue weighted by Crippen LogP contribution is 2.31. The molecule has 0 fully saturated rings. The van der Waals surface area contributed by atoms with Crippen LogP contribution in [0.5, 0.6) is 11.6 Å². The highest BCUT2D eigenvalue weighted by Gasteiger charge is 2.30. The minimum Gasteiger partial charge on any atom is -0.497 e. The van der Waals surface area contributed by atoms with E-state index in [-0.39, 0.29) is 0 Å². The van der Waals surface area contributed by atoms with Crippen LogP contribution in [0.25, 0.3) is 0 Å². The van der Waals surface area contributed by atoms with Gasteiger partial charge in [-0.1, -0.05) is 12.1 Å². The minimum atomic E-state index is -0.811. The fourth-order valence-electron chi connectivity index (χ4n) is 1.91. The van der Waals surface area contributed by atoms with E-state index in [0.29, 0.717) is 11.6 Å². The molecular formula is C14H17N3O2. The summed E-state index contributed by atoms with van der Waals surface area (Å²) < 4.78 is 10.4. The first-order valence-corrected chi connectivity index (χ1v) is 5.88. The number of methoxy groups -OCH3 is 2. The second-order valence-electron chi connectivity index (χ2n) is 4.35. The number of benzene rings is 1. The Labute approximate surface area is 112 Å².